The van der Waals surface area contributed by atoms with E-state index in [1.54, 1.807) is 57.7 Å². The minimum atomic E-state index is -1.58. The fourth-order valence-corrected chi connectivity index (χ4v) is 22.8. The second-order valence-electron chi connectivity index (χ2n) is 36.6. The first-order valence-electron chi connectivity index (χ1n) is 44.8. The minimum Gasteiger partial charge on any atom is -0.497 e. The highest BCUT2D eigenvalue weighted by atomic mass is 16.5. The lowest BCUT2D eigenvalue weighted by Crippen LogP contribution is -2.68. The maximum Gasteiger partial charge on any atom is 0.488 e. The Kier molecular flexibility index (Phi) is 27.5. The molecule has 3 aromatic heterocycles. The van der Waals surface area contributed by atoms with E-state index in [0.717, 1.165) is 177 Å². The van der Waals surface area contributed by atoms with Crippen LogP contribution in [-0.4, -0.2) is 176 Å². The molecule has 0 saturated carbocycles. The van der Waals surface area contributed by atoms with Gasteiger partial charge in [0, 0.05) is 125 Å². The molecular weight excluding hydrogens is 1590 g/mol. The van der Waals surface area contributed by atoms with E-state index in [1.165, 1.54) is 23.1 Å². The van der Waals surface area contributed by atoms with Crippen LogP contribution >= 0.6 is 0 Å². The normalized spacial score (nSPS) is 23.9. The zero-order valence-corrected chi connectivity index (χ0v) is 73.2. The van der Waals surface area contributed by atoms with Crippen molar-refractivity contribution < 1.29 is 96.9 Å². The second-order valence-corrected chi connectivity index (χ2v) is 36.6. The van der Waals surface area contributed by atoms with Crippen molar-refractivity contribution in [3.8, 4) is 17.2 Å². The summed E-state index contributed by atoms with van der Waals surface area (Å²) in [6.45, 7) is 24.4. The highest BCUT2D eigenvalue weighted by Gasteiger charge is 2.58. The first kappa shape index (κ1) is 89.9. The van der Waals surface area contributed by atoms with Crippen LogP contribution in [0.15, 0.2) is 281 Å². The molecule has 9 saturated heterocycles. The van der Waals surface area contributed by atoms with Crippen LogP contribution in [0.2, 0.25) is 0 Å². The molecule has 9 fully saturated rings. The molecule has 127 heavy (non-hydrogen) atoms. The zero-order chi connectivity index (χ0) is 89.0. The molecule has 15 unspecified atom stereocenters. The number of aromatic nitrogens is 3. The summed E-state index contributed by atoms with van der Waals surface area (Å²) in [6.07, 6.45) is 16.5. The van der Waals surface area contributed by atoms with Crippen LogP contribution in [0.3, 0.4) is 0 Å². The molecule has 0 radical (unpaired) electrons. The molecule has 12 aromatic rings. The molecule has 12 heterocycles. The third-order valence-corrected chi connectivity index (χ3v) is 29.6. The molecule has 21 rings (SSSR count). The van der Waals surface area contributed by atoms with Crippen LogP contribution in [0.1, 0.15) is 112 Å². The summed E-state index contributed by atoms with van der Waals surface area (Å²) >= 11 is 0. The van der Waals surface area contributed by atoms with Crippen LogP contribution in [0.4, 0.5) is 0 Å². The Hall–Kier alpha value is -10.5. The number of nitrogens with zero attached hydrogens (tertiary/aromatic N) is 6. The number of aliphatic hydroxyl groups excluding tert-OH is 3. The number of piperidine rings is 9. The molecule has 24 heteroatoms. The summed E-state index contributed by atoms with van der Waals surface area (Å²) in [6, 6.07) is 73.0. The van der Waals surface area contributed by atoms with Gasteiger partial charge in [0.15, 0.2) is 38.2 Å². The Morgan fingerprint density at radius 2 is 0.701 bits per heavy atom. The summed E-state index contributed by atoms with van der Waals surface area (Å²) in [7, 11) is -1.23. The highest BCUT2D eigenvalue weighted by Crippen LogP contribution is 2.52. The van der Waals surface area contributed by atoms with Crippen LogP contribution < -0.4 is 49.8 Å². The van der Waals surface area contributed by atoms with Crippen molar-refractivity contribution >= 4 is 83.0 Å². The maximum absolute atomic E-state index is 12.3. The van der Waals surface area contributed by atoms with Crippen molar-refractivity contribution in [2.75, 3.05) is 60.6 Å². The largest absolute Gasteiger partial charge is 0.497 e. The first-order chi connectivity index (χ1) is 61.5. The van der Waals surface area contributed by atoms with E-state index in [1.807, 2.05) is 138 Å². The summed E-state index contributed by atoms with van der Waals surface area (Å²) in [5.41, 5.74) is 14.8. The summed E-state index contributed by atoms with van der Waals surface area (Å²) in [4.78, 5) is 0. The van der Waals surface area contributed by atoms with Crippen molar-refractivity contribution in [3.05, 3.63) is 337 Å². The van der Waals surface area contributed by atoms with E-state index in [0.29, 0.717) is 93.8 Å². The Labute approximate surface area is 746 Å². The van der Waals surface area contributed by atoms with Gasteiger partial charge in [-0.05, 0) is 82.9 Å². The molecule has 11 N–H and O–H groups in total. The number of aliphatic hydroxyl groups is 3. The molecule has 9 aliphatic rings. The minimum absolute atomic E-state index is 0.0802. The van der Waals surface area contributed by atoms with E-state index in [9.17, 15) is 55.5 Å². The van der Waals surface area contributed by atoms with Gasteiger partial charge in [-0.25, -0.2) is 0 Å². The predicted octanol–water partition coefficient (Wildman–Crippen LogP) is 8.51. The maximum atomic E-state index is 12.3. The quantitative estimate of drug-likeness (QED) is 0.00951. The van der Waals surface area contributed by atoms with Crippen molar-refractivity contribution in [2.45, 2.75) is 121 Å². The van der Waals surface area contributed by atoms with Crippen molar-refractivity contribution in [2.24, 2.45) is 35.5 Å². The average Bonchev–Trinajstić information content (AvgIpc) is 0.737. The summed E-state index contributed by atoms with van der Waals surface area (Å²) < 4.78 is 25.4. The van der Waals surface area contributed by atoms with Gasteiger partial charge in [0.2, 0.25) is 16.6 Å². The molecule has 9 aliphatic heterocycles. The highest BCUT2D eigenvalue weighted by molar-refractivity contribution is 6.60. The number of benzene rings is 9. The molecule has 20 nitrogen and oxygen atoms in total. The van der Waals surface area contributed by atoms with Gasteiger partial charge < -0.3 is 83.2 Å². The number of hydrogen-bond donors (Lipinski definition) is 11. The number of quaternary nitrogens is 3. The molecule has 0 aliphatic carbocycles. The molecule has 0 spiro atoms. The summed E-state index contributed by atoms with van der Waals surface area (Å²) in [5, 5.41) is 119. The number of fused-ring (bicyclic) bond motifs is 12. The van der Waals surface area contributed by atoms with Gasteiger partial charge in [-0.15, -0.1) is 19.7 Å². The van der Waals surface area contributed by atoms with Crippen molar-refractivity contribution in [3.63, 3.8) is 0 Å². The fraction of sp³-hybridized carbons (Fsp3) is 0.330. The zero-order valence-electron chi connectivity index (χ0n) is 73.2. The van der Waals surface area contributed by atoms with Gasteiger partial charge >= 0.3 is 28.5 Å². The summed E-state index contributed by atoms with van der Waals surface area (Å²) in [5.74, 6) is 5.00. The van der Waals surface area contributed by atoms with Gasteiger partial charge in [-0.1, -0.05) is 175 Å². The van der Waals surface area contributed by atoms with Gasteiger partial charge in [-0.2, -0.15) is 13.7 Å². The lowest BCUT2D eigenvalue weighted by molar-refractivity contribution is -0.985. The number of pyridine rings is 3. The monoisotopic (exact) mass is 1710 g/mol. The van der Waals surface area contributed by atoms with Gasteiger partial charge in [0.1, 0.15) is 73.3 Å². The third-order valence-electron chi connectivity index (χ3n) is 29.6. The lowest BCUT2D eigenvalue weighted by Gasteiger charge is -2.58. The number of aryl methyl sites for hydroxylation is 1. The number of methoxy groups -OCH3 is 3. The molecule has 15 atom stereocenters. The first-order valence-corrected chi connectivity index (χ1v) is 44.8. The van der Waals surface area contributed by atoms with E-state index in [4.69, 9.17) is 14.2 Å². The van der Waals surface area contributed by atoms with Crippen LogP contribution in [-0.2, 0) is 39.3 Å². The van der Waals surface area contributed by atoms with E-state index in [-0.39, 0.29) is 18.1 Å². The average molecular weight is 1710 g/mol. The van der Waals surface area contributed by atoms with Crippen LogP contribution in [0.5, 0.6) is 17.2 Å². The Bertz CT molecular complexity index is 5920. The lowest BCUT2D eigenvalue weighted by atomic mass is 9.70. The van der Waals surface area contributed by atoms with Gasteiger partial charge in [0.25, 0.3) is 0 Å². The van der Waals surface area contributed by atoms with Crippen molar-refractivity contribution in [1.82, 2.24) is 0 Å². The van der Waals surface area contributed by atoms with E-state index in [2.05, 4.69) is 127 Å². The topological polar surface area (TPSA) is 262 Å². The second kappa shape index (κ2) is 38.8. The number of ether oxygens (including phenoxy) is 3. The predicted molar refractivity (Wildman–Crippen MR) is 499 cm³/mol. The van der Waals surface area contributed by atoms with E-state index >= 15 is 0 Å². The fourth-order valence-electron chi connectivity index (χ4n) is 22.8. The molecule has 0 amide bonds. The Morgan fingerprint density at radius 3 is 1.06 bits per heavy atom. The number of rotatable bonds is 28. The van der Waals surface area contributed by atoms with E-state index < -0.39 is 46.8 Å². The molecule has 652 valence electrons. The smallest absolute Gasteiger partial charge is 0.488 e. The molecule has 9 aromatic carbocycles. The number of hydrogen-bond acceptors (Lipinski definition) is 14. The molecular formula is C103H120B4N6O14+6. The van der Waals surface area contributed by atoms with Gasteiger partial charge in [0.05, 0.1) is 95.0 Å². The third kappa shape index (κ3) is 18.7. The van der Waals surface area contributed by atoms with Crippen LogP contribution in [0, 0.1) is 42.4 Å². The van der Waals surface area contributed by atoms with Crippen LogP contribution in [0.25, 0.3) is 32.7 Å². The Morgan fingerprint density at radius 1 is 0.370 bits per heavy atom. The van der Waals surface area contributed by atoms with Crippen molar-refractivity contribution in [1.29, 1.82) is 0 Å². The SMILES string of the molecule is C=CC1C[N+]2(Cc3ccc(C)cc3)CCC1CC2C(O)c1cc[n+](Cc2ccc(B(O)O)cc2)c2cc(OC)ccc12.C=CC1C[N+]2(Cc3ccccc3)CCC1CC2C(O)c1cc[n+](Cc2ccccc2B(O)O)c2cc(OC)ccc12.C=CC1C[N+]2(Cc3ccccc3B(O)O)CCC1CC2C(O)c1cc[n+](Cc2ccccc2B(O)O)c2cc(OC)ccc12. The Balaban J connectivity index is 0.000000140. The standard InChI is InChI=1S/C35H41BN2O4.C34H40B2N2O6.C34H39BN2O4/c1-4-27-23-38(22-26-7-5-24(2)6-8-26)18-16-28(27)19-34(38)35(39)32-15-17-37(33-20-30(42-3)13-14-31(32)33)21-25-9-11-29(12-10-25)36(40)41;1-3-23-21-38(22-26-9-5-7-11-31(26)36(42)43)17-15-24(23)18-33(38)34(39)29-14-16-37(32-19-27(44-2)12-13-28(29)32)20-25-8-4-6-10-30(25)35(40)41;1-3-25-23-37(22-24-9-5-4-6-10-24)18-16-26(25)19-33(37)34(38)30-15-17-36(32-20-28(41-2)13-14-29(30)32)21-27-11-7-8-12-31(27)35(39)40/h4-15,17,20,27-28,34-35,39-41H,1,16,18-19,21-23H2,2-3H3;3-14,16,19,23-24,33-34,39-43H,1,15,17-18,20-22H2,2H3;3-15,17,20,25-26,33-34,38-40H,1,16,18-19,21-23H2,2H3/q3*+2. The van der Waals surface area contributed by atoms with Gasteiger partial charge in [-0.3, -0.25) is 0 Å². The molecule has 6 bridgehead atoms.